The summed E-state index contributed by atoms with van der Waals surface area (Å²) in [5.41, 5.74) is 7.26. The van der Waals surface area contributed by atoms with Gasteiger partial charge in [-0.05, 0) is 30.4 Å². The third-order valence-corrected chi connectivity index (χ3v) is 3.69. The molecule has 0 aliphatic rings. The number of nitrogens with zero attached hydrogens (tertiary/aromatic N) is 2. The number of methoxy groups -OCH3 is 1. The Morgan fingerprint density at radius 1 is 1.38 bits per heavy atom. The molecule has 1 atom stereocenters. The summed E-state index contributed by atoms with van der Waals surface area (Å²) in [7, 11) is 1.37. The standard InChI is InChI=1S/C17H21N3O4/c1-24-16(22)9-13-6-2-4-12(8-13)5-3-7-15(21)20-10-14(17(18)23)19-11-20/h2,4,6,8,10-11,15,21H,3,5,7,9H2,1H3,(H2,18,23). The average Bonchev–Trinajstić information content (AvgIpc) is 3.05. The van der Waals surface area contributed by atoms with Crippen molar-refractivity contribution in [1.82, 2.24) is 9.55 Å². The van der Waals surface area contributed by atoms with Gasteiger partial charge in [-0.25, -0.2) is 4.98 Å². The van der Waals surface area contributed by atoms with E-state index in [1.165, 1.54) is 24.2 Å². The van der Waals surface area contributed by atoms with E-state index in [1.807, 2.05) is 24.3 Å². The van der Waals surface area contributed by atoms with Gasteiger partial charge in [-0.15, -0.1) is 0 Å². The van der Waals surface area contributed by atoms with Crippen molar-refractivity contribution in [1.29, 1.82) is 0 Å². The fourth-order valence-electron chi connectivity index (χ4n) is 2.40. The molecule has 0 saturated heterocycles. The molecule has 0 bridgehead atoms. The van der Waals surface area contributed by atoms with Crippen LogP contribution in [0.3, 0.4) is 0 Å². The number of aliphatic hydroxyl groups excluding tert-OH is 1. The molecule has 0 fully saturated rings. The van der Waals surface area contributed by atoms with Gasteiger partial charge in [-0.3, -0.25) is 9.59 Å². The summed E-state index contributed by atoms with van der Waals surface area (Å²) < 4.78 is 6.13. The number of aliphatic hydroxyl groups is 1. The first-order chi connectivity index (χ1) is 11.5. The van der Waals surface area contributed by atoms with Crippen molar-refractivity contribution >= 4 is 11.9 Å². The zero-order valence-corrected chi connectivity index (χ0v) is 13.5. The second-order valence-corrected chi connectivity index (χ2v) is 5.52. The first kappa shape index (κ1) is 17.7. The second-order valence-electron chi connectivity index (χ2n) is 5.52. The molecule has 128 valence electrons. The highest BCUT2D eigenvalue weighted by atomic mass is 16.5. The van der Waals surface area contributed by atoms with Crippen molar-refractivity contribution in [2.45, 2.75) is 31.9 Å². The summed E-state index contributed by atoms with van der Waals surface area (Å²) >= 11 is 0. The summed E-state index contributed by atoms with van der Waals surface area (Å²) in [5, 5.41) is 10.1. The smallest absolute Gasteiger partial charge is 0.309 e. The van der Waals surface area contributed by atoms with E-state index in [2.05, 4.69) is 9.72 Å². The minimum atomic E-state index is -0.760. The van der Waals surface area contributed by atoms with E-state index in [0.717, 1.165) is 24.0 Å². The SMILES string of the molecule is COC(=O)Cc1cccc(CCCC(O)n2cnc(C(N)=O)c2)c1. The van der Waals surface area contributed by atoms with Gasteiger partial charge >= 0.3 is 5.97 Å². The Morgan fingerprint density at radius 3 is 2.79 bits per heavy atom. The van der Waals surface area contributed by atoms with Crippen LogP contribution in [-0.2, 0) is 22.4 Å². The number of aryl methyl sites for hydroxylation is 1. The second kappa shape index (κ2) is 8.26. The van der Waals surface area contributed by atoms with Gasteiger partial charge in [-0.1, -0.05) is 24.3 Å². The highest BCUT2D eigenvalue weighted by Gasteiger charge is 2.11. The van der Waals surface area contributed by atoms with Crippen LogP contribution in [0.25, 0.3) is 0 Å². The zero-order chi connectivity index (χ0) is 17.5. The Balaban J connectivity index is 1.85. The third kappa shape index (κ3) is 4.92. The van der Waals surface area contributed by atoms with E-state index in [1.54, 1.807) is 0 Å². The van der Waals surface area contributed by atoms with Gasteiger partial charge in [0.15, 0.2) is 0 Å². The molecule has 0 aliphatic carbocycles. The van der Waals surface area contributed by atoms with Crippen LogP contribution in [0.2, 0.25) is 0 Å². The maximum absolute atomic E-state index is 11.3. The number of rotatable bonds is 8. The fraction of sp³-hybridized carbons (Fsp3) is 0.353. The predicted octanol–water partition coefficient (Wildman–Crippen LogP) is 1.21. The Kier molecular flexibility index (Phi) is 6.08. The van der Waals surface area contributed by atoms with Gasteiger partial charge in [0.25, 0.3) is 5.91 Å². The topological polar surface area (TPSA) is 107 Å². The molecule has 1 unspecified atom stereocenters. The summed E-state index contributed by atoms with van der Waals surface area (Å²) in [6.45, 7) is 0. The number of benzene rings is 1. The van der Waals surface area contributed by atoms with Crippen molar-refractivity contribution in [2.75, 3.05) is 7.11 Å². The van der Waals surface area contributed by atoms with Crippen LogP contribution in [0.4, 0.5) is 0 Å². The number of primary amides is 1. The number of esters is 1. The number of nitrogens with two attached hydrogens (primary N) is 1. The lowest BCUT2D eigenvalue weighted by Crippen LogP contribution is -2.11. The average molecular weight is 331 g/mol. The van der Waals surface area contributed by atoms with E-state index in [0.29, 0.717) is 6.42 Å². The van der Waals surface area contributed by atoms with Crippen LogP contribution in [0.1, 0.15) is 40.7 Å². The molecular formula is C17H21N3O4. The van der Waals surface area contributed by atoms with Crippen LogP contribution in [0.5, 0.6) is 0 Å². The largest absolute Gasteiger partial charge is 0.469 e. The lowest BCUT2D eigenvalue weighted by Gasteiger charge is -2.11. The van der Waals surface area contributed by atoms with Gasteiger partial charge in [0, 0.05) is 6.20 Å². The molecule has 0 aliphatic heterocycles. The summed E-state index contributed by atoms with van der Waals surface area (Å²) in [4.78, 5) is 26.1. The van der Waals surface area contributed by atoms with Crippen LogP contribution in [-0.4, -0.2) is 33.6 Å². The highest BCUT2D eigenvalue weighted by Crippen LogP contribution is 2.15. The molecule has 0 radical (unpaired) electrons. The number of carbonyl (C=O) groups is 2. The van der Waals surface area contributed by atoms with E-state index in [9.17, 15) is 14.7 Å². The fourth-order valence-corrected chi connectivity index (χ4v) is 2.40. The van der Waals surface area contributed by atoms with Crippen molar-refractivity contribution in [3.05, 3.63) is 53.6 Å². The van der Waals surface area contributed by atoms with Gasteiger partial charge in [-0.2, -0.15) is 0 Å². The van der Waals surface area contributed by atoms with E-state index in [-0.39, 0.29) is 18.1 Å². The summed E-state index contributed by atoms with van der Waals surface area (Å²) in [5.74, 6) is -0.892. The van der Waals surface area contributed by atoms with Crippen molar-refractivity contribution < 1.29 is 19.4 Å². The first-order valence-electron chi connectivity index (χ1n) is 7.65. The van der Waals surface area contributed by atoms with Crippen LogP contribution < -0.4 is 5.73 Å². The van der Waals surface area contributed by atoms with E-state index in [4.69, 9.17) is 5.73 Å². The minimum absolute atomic E-state index is 0.129. The number of ether oxygens (including phenoxy) is 1. The predicted molar refractivity (Wildman–Crippen MR) is 87.1 cm³/mol. The Bertz CT molecular complexity index is 711. The first-order valence-corrected chi connectivity index (χ1v) is 7.65. The van der Waals surface area contributed by atoms with Gasteiger partial charge in [0.1, 0.15) is 11.9 Å². The number of aromatic nitrogens is 2. The molecule has 24 heavy (non-hydrogen) atoms. The number of hydrogen-bond donors (Lipinski definition) is 2. The normalized spacial score (nSPS) is 11.9. The van der Waals surface area contributed by atoms with Gasteiger partial charge in [0.05, 0.1) is 19.9 Å². The monoisotopic (exact) mass is 331 g/mol. The molecule has 0 spiro atoms. The quantitative estimate of drug-likeness (QED) is 0.707. The maximum atomic E-state index is 11.3. The molecule has 7 heteroatoms. The molecule has 7 nitrogen and oxygen atoms in total. The number of amides is 1. The van der Waals surface area contributed by atoms with E-state index < -0.39 is 12.1 Å². The van der Waals surface area contributed by atoms with Crippen molar-refractivity contribution in [3.63, 3.8) is 0 Å². The highest BCUT2D eigenvalue weighted by molar-refractivity contribution is 5.90. The number of hydrogen-bond acceptors (Lipinski definition) is 5. The van der Waals surface area contributed by atoms with Crippen LogP contribution >= 0.6 is 0 Å². The van der Waals surface area contributed by atoms with Crippen LogP contribution in [0.15, 0.2) is 36.8 Å². The van der Waals surface area contributed by atoms with E-state index >= 15 is 0 Å². The van der Waals surface area contributed by atoms with Crippen LogP contribution in [0, 0.1) is 0 Å². The van der Waals surface area contributed by atoms with Gasteiger partial charge < -0.3 is 20.1 Å². The molecule has 1 aromatic carbocycles. The minimum Gasteiger partial charge on any atom is -0.469 e. The Morgan fingerprint density at radius 2 is 2.12 bits per heavy atom. The molecule has 1 heterocycles. The third-order valence-electron chi connectivity index (χ3n) is 3.69. The van der Waals surface area contributed by atoms with Crippen molar-refractivity contribution in [2.24, 2.45) is 5.73 Å². The molecule has 3 N–H and O–H groups in total. The number of imidazole rings is 1. The lowest BCUT2D eigenvalue weighted by atomic mass is 10.0. The van der Waals surface area contributed by atoms with Crippen molar-refractivity contribution in [3.8, 4) is 0 Å². The molecule has 1 aromatic heterocycles. The number of carbonyl (C=O) groups excluding carboxylic acids is 2. The summed E-state index contributed by atoms with van der Waals surface area (Å²) in [6, 6.07) is 7.73. The Labute approximate surface area is 140 Å². The zero-order valence-electron chi connectivity index (χ0n) is 13.5. The lowest BCUT2D eigenvalue weighted by molar-refractivity contribution is -0.139. The molecule has 2 rings (SSSR count). The Hall–Kier alpha value is -2.67. The molecule has 1 amide bonds. The van der Waals surface area contributed by atoms with Gasteiger partial charge in [0.2, 0.25) is 0 Å². The molecule has 2 aromatic rings. The molecule has 0 saturated carbocycles. The molecular weight excluding hydrogens is 310 g/mol. The summed E-state index contributed by atoms with van der Waals surface area (Å²) in [6.07, 6.45) is 4.33. The maximum Gasteiger partial charge on any atom is 0.309 e.